The first kappa shape index (κ1) is 21.5. The Balaban J connectivity index is 1.25. The molecule has 2 aliphatic heterocycles. The maximum atomic E-state index is 13.3. The molecule has 3 aliphatic rings. The molecule has 2 aromatic carbocycles. The second kappa shape index (κ2) is 8.55. The summed E-state index contributed by atoms with van der Waals surface area (Å²) in [7, 11) is -3.57. The molecule has 2 unspecified atom stereocenters. The summed E-state index contributed by atoms with van der Waals surface area (Å²) in [6.45, 7) is 1.74. The summed E-state index contributed by atoms with van der Waals surface area (Å²) in [6, 6.07) is 11.3. The summed E-state index contributed by atoms with van der Waals surface area (Å²) in [5, 5.41) is 0. The van der Waals surface area contributed by atoms with Crippen molar-refractivity contribution in [3.63, 3.8) is 0 Å². The van der Waals surface area contributed by atoms with Gasteiger partial charge in [-0.2, -0.15) is 4.31 Å². The Morgan fingerprint density at radius 2 is 1.69 bits per heavy atom. The van der Waals surface area contributed by atoms with Gasteiger partial charge in [0, 0.05) is 32.7 Å². The van der Waals surface area contributed by atoms with Crippen molar-refractivity contribution in [1.29, 1.82) is 0 Å². The highest BCUT2D eigenvalue weighted by Crippen LogP contribution is 2.29. The topological polar surface area (TPSA) is 81.8 Å². The van der Waals surface area contributed by atoms with E-state index in [1.165, 1.54) is 22.0 Å². The number of sulfonamides is 1. The highest BCUT2D eigenvalue weighted by molar-refractivity contribution is 7.89. The normalized spacial score (nSPS) is 24.0. The van der Waals surface area contributed by atoms with Crippen molar-refractivity contribution < 1.29 is 17.6 Å². The van der Waals surface area contributed by atoms with Gasteiger partial charge >= 0.3 is 0 Å². The molecule has 5 rings (SSSR count). The van der Waals surface area contributed by atoms with Crippen LogP contribution in [-0.2, 0) is 27.7 Å². The third-order valence-corrected chi connectivity index (χ3v) is 8.68. The van der Waals surface area contributed by atoms with Gasteiger partial charge in [0.2, 0.25) is 15.9 Å². The fourth-order valence-corrected chi connectivity index (χ4v) is 6.43. The standard InChI is InChI=1S/C23H27FN4O3S/c24-19-7-4-17(5-8-19)22-21(15-25-26-22)23(29)27-10-12-28(13-11-27)32(30,31)20-9-6-16-2-1-3-18(16)14-20/h4-9,14,21-22,25-26H,1-3,10-13,15H2. The third-order valence-electron chi connectivity index (χ3n) is 6.79. The van der Waals surface area contributed by atoms with E-state index in [-0.39, 0.29) is 36.8 Å². The zero-order chi connectivity index (χ0) is 22.3. The Morgan fingerprint density at radius 1 is 0.969 bits per heavy atom. The lowest BCUT2D eigenvalue weighted by Gasteiger charge is -2.36. The van der Waals surface area contributed by atoms with Crippen molar-refractivity contribution >= 4 is 15.9 Å². The van der Waals surface area contributed by atoms with E-state index in [1.807, 2.05) is 12.1 Å². The minimum atomic E-state index is -3.57. The van der Waals surface area contributed by atoms with Crippen LogP contribution in [0.5, 0.6) is 0 Å². The van der Waals surface area contributed by atoms with Gasteiger partial charge in [-0.15, -0.1) is 0 Å². The molecule has 32 heavy (non-hydrogen) atoms. The van der Waals surface area contributed by atoms with Crippen LogP contribution in [0.2, 0.25) is 0 Å². The van der Waals surface area contributed by atoms with E-state index < -0.39 is 10.0 Å². The molecule has 2 aromatic rings. The number of carbonyl (C=O) groups is 1. The predicted molar refractivity (Wildman–Crippen MR) is 118 cm³/mol. The second-order valence-corrected chi connectivity index (χ2v) is 10.6. The quantitative estimate of drug-likeness (QED) is 0.728. The molecule has 1 amide bonds. The molecule has 170 valence electrons. The zero-order valence-corrected chi connectivity index (χ0v) is 18.6. The average molecular weight is 459 g/mol. The number of hydrogen-bond acceptors (Lipinski definition) is 5. The smallest absolute Gasteiger partial charge is 0.243 e. The minimum absolute atomic E-state index is 0.0218. The van der Waals surface area contributed by atoms with Crippen LogP contribution in [0, 0.1) is 11.7 Å². The predicted octanol–water partition coefficient (Wildman–Crippen LogP) is 1.61. The number of amides is 1. The molecule has 0 saturated carbocycles. The minimum Gasteiger partial charge on any atom is -0.340 e. The maximum Gasteiger partial charge on any atom is 0.243 e. The van der Waals surface area contributed by atoms with E-state index in [4.69, 9.17) is 0 Å². The van der Waals surface area contributed by atoms with Crippen molar-refractivity contribution in [2.24, 2.45) is 5.92 Å². The Hall–Kier alpha value is -2.33. The highest BCUT2D eigenvalue weighted by atomic mass is 32.2. The average Bonchev–Trinajstić information content (AvgIpc) is 3.48. The van der Waals surface area contributed by atoms with Crippen LogP contribution >= 0.6 is 0 Å². The van der Waals surface area contributed by atoms with Crippen LogP contribution in [0.15, 0.2) is 47.4 Å². The van der Waals surface area contributed by atoms with Crippen LogP contribution in [0.25, 0.3) is 0 Å². The van der Waals surface area contributed by atoms with Crippen LogP contribution in [0.4, 0.5) is 4.39 Å². The van der Waals surface area contributed by atoms with Crippen molar-refractivity contribution in [1.82, 2.24) is 20.1 Å². The zero-order valence-electron chi connectivity index (χ0n) is 17.8. The van der Waals surface area contributed by atoms with E-state index in [1.54, 1.807) is 23.1 Å². The van der Waals surface area contributed by atoms with Crippen LogP contribution < -0.4 is 10.9 Å². The molecule has 1 aliphatic carbocycles. The SMILES string of the molecule is O=C(C1CNNC1c1ccc(F)cc1)N1CCN(S(=O)(=O)c2ccc3c(c2)CCC3)CC1. The van der Waals surface area contributed by atoms with E-state index in [0.717, 1.165) is 30.4 Å². The molecule has 2 fully saturated rings. The molecular formula is C23H27FN4O3S. The summed E-state index contributed by atoms with van der Waals surface area (Å²) in [6.07, 6.45) is 3.02. The van der Waals surface area contributed by atoms with Crippen molar-refractivity contribution in [3.8, 4) is 0 Å². The number of nitrogens with zero attached hydrogens (tertiary/aromatic N) is 2. The molecule has 0 bridgehead atoms. The number of piperazine rings is 1. The number of rotatable bonds is 4. The molecule has 7 nitrogen and oxygen atoms in total. The summed E-state index contributed by atoms with van der Waals surface area (Å²) >= 11 is 0. The molecule has 2 N–H and O–H groups in total. The van der Waals surface area contributed by atoms with E-state index >= 15 is 0 Å². The van der Waals surface area contributed by atoms with Gasteiger partial charge in [0.05, 0.1) is 16.9 Å². The lowest BCUT2D eigenvalue weighted by Crippen LogP contribution is -2.52. The van der Waals surface area contributed by atoms with Crippen LogP contribution in [0.3, 0.4) is 0 Å². The van der Waals surface area contributed by atoms with Gasteiger partial charge in [-0.3, -0.25) is 10.2 Å². The second-order valence-electron chi connectivity index (χ2n) is 8.67. The summed E-state index contributed by atoms with van der Waals surface area (Å²) < 4.78 is 41.1. The molecular weight excluding hydrogens is 431 g/mol. The molecule has 0 radical (unpaired) electrons. The van der Waals surface area contributed by atoms with Crippen molar-refractivity contribution in [2.75, 3.05) is 32.7 Å². The number of fused-ring (bicyclic) bond motifs is 1. The van der Waals surface area contributed by atoms with Gasteiger partial charge < -0.3 is 4.90 Å². The summed E-state index contributed by atoms with van der Waals surface area (Å²) in [5.41, 5.74) is 9.36. The Morgan fingerprint density at radius 3 is 2.44 bits per heavy atom. The molecule has 2 atom stereocenters. The first-order valence-corrected chi connectivity index (χ1v) is 12.5. The maximum absolute atomic E-state index is 13.3. The molecule has 2 saturated heterocycles. The highest BCUT2D eigenvalue weighted by Gasteiger charge is 2.38. The number of hydrogen-bond donors (Lipinski definition) is 2. The van der Waals surface area contributed by atoms with Crippen molar-refractivity contribution in [3.05, 3.63) is 65.0 Å². The molecule has 0 spiro atoms. The molecule has 0 aromatic heterocycles. The summed E-state index contributed by atoms with van der Waals surface area (Å²) in [4.78, 5) is 15.3. The van der Waals surface area contributed by atoms with E-state index in [2.05, 4.69) is 10.9 Å². The van der Waals surface area contributed by atoms with Crippen LogP contribution in [-0.4, -0.2) is 56.3 Å². The fourth-order valence-electron chi connectivity index (χ4n) is 4.95. The number of aryl methyl sites for hydroxylation is 2. The van der Waals surface area contributed by atoms with Gasteiger partial charge in [0.15, 0.2) is 0 Å². The molecule has 9 heteroatoms. The van der Waals surface area contributed by atoms with Gasteiger partial charge in [-0.25, -0.2) is 18.2 Å². The lowest BCUT2D eigenvalue weighted by molar-refractivity contribution is -0.136. The van der Waals surface area contributed by atoms with Gasteiger partial charge in [-0.05, 0) is 60.2 Å². The lowest BCUT2D eigenvalue weighted by atomic mass is 9.93. The largest absolute Gasteiger partial charge is 0.340 e. The number of hydrazine groups is 1. The van der Waals surface area contributed by atoms with Gasteiger partial charge in [0.25, 0.3) is 0 Å². The van der Waals surface area contributed by atoms with Crippen LogP contribution in [0.1, 0.15) is 29.2 Å². The molecule has 2 heterocycles. The Bertz CT molecular complexity index is 1110. The number of carbonyl (C=O) groups excluding carboxylic acids is 1. The summed E-state index contributed by atoms with van der Waals surface area (Å²) in [5.74, 6) is -0.671. The van der Waals surface area contributed by atoms with E-state index in [0.29, 0.717) is 24.5 Å². The first-order chi connectivity index (χ1) is 15.4. The number of halogens is 1. The monoisotopic (exact) mass is 458 g/mol. The number of nitrogens with one attached hydrogen (secondary N) is 2. The third kappa shape index (κ3) is 3.94. The van der Waals surface area contributed by atoms with Gasteiger partial charge in [0.1, 0.15) is 5.82 Å². The Labute approximate surface area is 187 Å². The first-order valence-electron chi connectivity index (χ1n) is 11.1. The number of benzene rings is 2. The van der Waals surface area contributed by atoms with E-state index in [9.17, 15) is 17.6 Å². The van der Waals surface area contributed by atoms with Gasteiger partial charge in [-0.1, -0.05) is 18.2 Å². The van der Waals surface area contributed by atoms with Crippen molar-refractivity contribution in [2.45, 2.75) is 30.2 Å². The Kier molecular flexibility index (Phi) is 5.75. The fraction of sp³-hybridized carbons (Fsp3) is 0.435.